The van der Waals surface area contributed by atoms with Crippen molar-refractivity contribution in [2.75, 3.05) is 12.0 Å². The van der Waals surface area contributed by atoms with Gasteiger partial charge in [-0.3, -0.25) is 0 Å². The molecule has 0 saturated heterocycles. The number of fused-ring (bicyclic) bond motifs is 1. The van der Waals surface area contributed by atoms with Crippen LogP contribution in [-0.2, 0) is 16.1 Å². The zero-order chi connectivity index (χ0) is 21.4. The van der Waals surface area contributed by atoms with E-state index in [9.17, 15) is 9.59 Å². The van der Waals surface area contributed by atoms with Gasteiger partial charge in [-0.25, -0.2) is 14.5 Å². The highest BCUT2D eigenvalue weighted by atomic mass is 35.5. The number of methoxy groups -OCH3 is 1. The third-order valence-corrected chi connectivity index (χ3v) is 5.68. The van der Waals surface area contributed by atoms with E-state index in [1.165, 1.54) is 12.0 Å². The van der Waals surface area contributed by atoms with Crippen LogP contribution in [0, 0.1) is 0 Å². The summed E-state index contributed by atoms with van der Waals surface area (Å²) in [6.07, 6.45) is -0.662. The van der Waals surface area contributed by atoms with E-state index in [1.54, 1.807) is 42.5 Å². The van der Waals surface area contributed by atoms with Gasteiger partial charge in [0.2, 0.25) is 0 Å². The van der Waals surface area contributed by atoms with E-state index in [-0.39, 0.29) is 27.9 Å². The summed E-state index contributed by atoms with van der Waals surface area (Å²) in [6, 6.07) is 15.3. The van der Waals surface area contributed by atoms with E-state index in [1.807, 2.05) is 12.1 Å². The Kier molecular flexibility index (Phi) is 5.60. The Morgan fingerprint density at radius 3 is 2.30 bits per heavy atom. The van der Waals surface area contributed by atoms with Crippen LogP contribution >= 0.6 is 34.8 Å². The van der Waals surface area contributed by atoms with Crippen molar-refractivity contribution in [1.29, 1.82) is 0 Å². The normalized spacial score (nSPS) is 12.9. The topological polar surface area (TPSA) is 55.8 Å². The van der Waals surface area contributed by atoms with Crippen LogP contribution in [0.5, 0.6) is 0 Å². The molecule has 0 unspecified atom stereocenters. The maximum Gasteiger partial charge on any atom is 0.419 e. The number of esters is 1. The lowest BCUT2D eigenvalue weighted by Gasteiger charge is -2.32. The van der Waals surface area contributed by atoms with Crippen molar-refractivity contribution in [1.82, 2.24) is 0 Å². The Balaban J connectivity index is 2.04. The smallest absolute Gasteiger partial charge is 0.419 e. The first kappa shape index (κ1) is 20.5. The Hall–Kier alpha value is -2.73. The summed E-state index contributed by atoms with van der Waals surface area (Å²) in [7, 11) is 1.29. The van der Waals surface area contributed by atoms with Crippen molar-refractivity contribution in [3.8, 4) is 11.1 Å². The fourth-order valence-corrected chi connectivity index (χ4v) is 4.18. The number of anilines is 2. The summed E-state index contributed by atoms with van der Waals surface area (Å²) in [5.74, 6) is -0.560. The number of cyclic esters (lactones) is 1. The third-order valence-electron chi connectivity index (χ3n) is 4.74. The van der Waals surface area contributed by atoms with Crippen molar-refractivity contribution in [2.45, 2.75) is 6.61 Å². The number of nitrogens with zero attached hydrogens (tertiary/aromatic N) is 1. The van der Waals surface area contributed by atoms with Crippen LogP contribution in [-0.4, -0.2) is 19.2 Å². The first-order valence-electron chi connectivity index (χ1n) is 8.83. The van der Waals surface area contributed by atoms with Crippen molar-refractivity contribution in [3.63, 3.8) is 0 Å². The second-order valence-electron chi connectivity index (χ2n) is 6.45. The van der Waals surface area contributed by atoms with Gasteiger partial charge in [-0.15, -0.1) is 0 Å². The molecule has 1 aliphatic heterocycles. The largest absolute Gasteiger partial charge is 0.465 e. The van der Waals surface area contributed by atoms with Crippen molar-refractivity contribution < 1.29 is 19.1 Å². The number of amides is 1. The van der Waals surface area contributed by atoms with Gasteiger partial charge in [-0.1, -0.05) is 59.1 Å². The highest BCUT2D eigenvalue weighted by molar-refractivity contribution is 6.40. The zero-order valence-corrected chi connectivity index (χ0v) is 17.9. The quantitative estimate of drug-likeness (QED) is 0.398. The molecule has 1 aliphatic rings. The second kappa shape index (κ2) is 8.19. The molecular formula is C22H14Cl3NO4. The van der Waals surface area contributed by atoms with E-state index in [0.29, 0.717) is 27.4 Å². The maximum absolute atomic E-state index is 12.8. The average molecular weight is 463 g/mol. The van der Waals surface area contributed by atoms with Gasteiger partial charge in [0.05, 0.1) is 34.1 Å². The highest BCUT2D eigenvalue weighted by Crippen LogP contribution is 2.45. The summed E-state index contributed by atoms with van der Waals surface area (Å²) >= 11 is 19.1. The van der Waals surface area contributed by atoms with E-state index in [2.05, 4.69) is 0 Å². The van der Waals surface area contributed by atoms with E-state index < -0.39 is 12.1 Å². The van der Waals surface area contributed by atoms with Gasteiger partial charge >= 0.3 is 12.1 Å². The molecule has 0 N–H and O–H groups in total. The molecule has 0 fully saturated rings. The standard InChI is InChI=1S/C22H14Cl3NO4/c1-29-21(27)12-9-14(13-5-2-3-6-16(13)23)15-11-30-22(28)26(19(15)10-12)20-17(24)7-4-8-18(20)25/h2-10H,11H2,1H3. The van der Waals surface area contributed by atoms with Gasteiger partial charge in [-0.2, -0.15) is 0 Å². The Bertz CT molecular complexity index is 1160. The molecular weight excluding hydrogens is 449 g/mol. The Morgan fingerprint density at radius 2 is 1.63 bits per heavy atom. The van der Waals surface area contributed by atoms with Crippen LogP contribution in [0.2, 0.25) is 15.1 Å². The fraction of sp³-hybridized carbons (Fsp3) is 0.0909. The minimum atomic E-state index is -0.662. The SMILES string of the molecule is COC(=O)c1cc(-c2ccccc2Cl)c2c(c1)N(c1c(Cl)cccc1Cl)C(=O)OC2. The predicted octanol–water partition coefficient (Wildman–Crippen LogP) is 6.89. The van der Waals surface area contributed by atoms with E-state index >= 15 is 0 Å². The lowest BCUT2D eigenvalue weighted by molar-refractivity contribution is 0.0600. The highest BCUT2D eigenvalue weighted by Gasteiger charge is 2.33. The lowest BCUT2D eigenvalue weighted by atomic mass is 9.94. The van der Waals surface area contributed by atoms with Crippen molar-refractivity contribution in [2.24, 2.45) is 0 Å². The number of benzene rings is 3. The number of halogens is 3. The zero-order valence-electron chi connectivity index (χ0n) is 15.6. The van der Waals surface area contributed by atoms with E-state index in [4.69, 9.17) is 44.3 Å². The summed E-state index contributed by atoms with van der Waals surface area (Å²) in [4.78, 5) is 26.4. The molecule has 8 heteroatoms. The number of carbonyl (C=O) groups is 2. The first-order valence-corrected chi connectivity index (χ1v) is 9.96. The fourth-order valence-electron chi connectivity index (χ4n) is 3.37. The van der Waals surface area contributed by atoms with Crippen LogP contribution in [0.4, 0.5) is 16.2 Å². The number of hydrogen-bond acceptors (Lipinski definition) is 4. The molecule has 1 amide bonds. The molecule has 5 nitrogen and oxygen atoms in total. The van der Waals surface area contributed by atoms with Gasteiger partial charge in [0, 0.05) is 16.1 Å². The molecule has 0 aliphatic carbocycles. The molecule has 30 heavy (non-hydrogen) atoms. The van der Waals surface area contributed by atoms with Crippen LogP contribution in [0.15, 0.2) is 54.6 Å². The molecule has 1 heterocycles. The van der Waals surface area contributed by atoms with Crippen LogP contribution in [0.1, 0.15) is 15.9 Å². The summed E-state index contributed by atoms with van der Waals surface area (Å²) < 4.78 is 10.3. The molecule has 0 radical (unpaired) electrons. The third kappa shape index (κ3) is 3.49. The first-order chi connectivity index (χ1) is 14.4. The Labute approximate surface area is 187 Å². The van der Waals surface area contributed by atoms with E-state index in [0.717, 1.165) is 0 Å². The minimum Gasteiger partial charge on any atom is -0.465 e. The van der Waals surface area contributed by atoms with Gasteiger partial charge in [0.25, 0.3) is 0 Å². The molecule has 3 aromatic rings. The number of ether oxygens (including phenoxy) is 2. The molecule has 0 bridgehead atoms. The van der Waals surface area contributed by atoms with Gasteiger partial charge in [-0.05, 0) is 35.9 Å². The maximum atomic E-state index is 12.8. The molecule has 4 rings (SSSR count). The lowest BCUT2D eigenvalue weighted by Crippen LogP contribution is -2.32. The number of carbonyl (C=O) groups excluding carboxylic acids is 2. The Morgan fingerprint density at radius 1 is 0.967 bits per heavy atom. The average Bonchev–Trinajstić information content (AvgIpc) is 2.74. The van der Waals surface area contributed by atoms with Crippen LogP contribution < -0.4 is 4.90 Å². The number of rotatable bonds is 3. The minimum absolute atomic E-state index is 0.00521. The molecule has 3 aromatic carbocycles. The second-order valence-corrected chi connectivity index (χ2v) is 7.67. The molecule has 0 saturated carbocycles. The van der Waals surface area contributed by atoms with Crippen LogP contribution in [0.3, 0.4) is 0 Å². The summed E-state index contributed by atoms with van der Waals surface area (Å²) in [5.41, 5.74) is 2.90. The monoisotopic (exact) mass is 461 g/mol. The number of para-hydroxylation sites is 1. The molecule has 152 valence electrons. The number of hydrogen-bond donors (Lipinski definition) is 0. The van der Waals surface area contributed by atoms with Gasteiger partial charge in [0.1, 0.15) is 6.61 Å². The van der Waals surface area contributed by atoms with Crippen molar-refractivity contribution >= 4 is 58.2 Å². The molecule has 0 atom stereocenters. The molecule has 0 aromatic heterocycles. The predicted molar refractivity (Wildman–Crippen MR) is 117 cm³/mol. The molecule has 0 spiro atoms. The summed E-state index contributed by atoms with van der Waals surface area (Å²) in [6.45, 7) is -0.00521. The van der Waals surface area contributed by atoms with Crippen molar-refractivity contribution in [3.05, 3.63) is 80.8 Å². The summed E-state index contributed by atoms with van der Waals surface area (Å²) in [5, 5.41) is 1.01. The van der Waals surface area contributed by atoms with Crippen LogP contribution in [0.25, 0.3) is 11.1 Å². The van der Waals surface area contributed by atoms with Gasteiger partial charge < -0.3 is 9.47 Å². The van der Waals surface area contributed by atoms with Gasteiger partial charge in [0.15, 0.2) is 0 Å².